The summed E-state index contributed by atoms with van der Waals surface area (Å²) in [4.78, 5) is 56.3. The van der Waals surface area contributed by atoms with Gasteiger partial charge in [-0.2, -0.15) is 5.10 Å². The number of hydrogen-bond acceptors (Lipinski definition) is 10. The summed E-state index contributed by atoms with van der Waals surface area (Å²) in [5.74, 6) is -0.0955. The van der Waals surface area contributed by atoms with Gasteiger partial charge in [-0.1, -0.05) is 162 Å². The number of rotatable bonds is 47. The van der Waals surface area contributed by atoms with Gasteiger partial charge in [-0.15, -0.1) is 0 Å². The highest BCUT2D eigenvalue weighted by Crippen LogP contribution is 2.21. The fraction of sp³-hybridized carbons (Fsp3) is 0.883. The number of alkyl carbamates (subject to hydrolysis) is 1. The molecule has 1 aromatic rings. The lowest BCUT2D eigenvalue weighted by atomic mass is 10.0. The minimum Gasteiger partial charge on any atom is -0.466 e. The Balaban J connectivity index is 2.83. The Kier molecular flexibility index (Phi) is 40.6. The molecule has 0 aliphatic heterocycles. The molecular weight excluding hydrogens is 919 g/mol. The Hall–Kier alpha value is -3.35. The highest BCUT2D eigenvalue weighted by Gasteiger charge is 2.31. The normalized spacial score (nSPS) is 12.3. The minimum absolute atomic E-state index is 0.0253. The predicted molar refractivity (Wildman–Crippen MR) is 300 cm³/mol. The number of esters is 2. The molecule has 0 fully saturated rings. The number of aromatic nitrogens is 2. The van der Waals surface area contributed by atoms with Crippen molar-refractivity contribution in [3.63, 3.8) is 0 Å². The zero-order valence-corrected chi connectivity index (χ0v) is 48.7. The lowest BCUT2D eigenvalue weighted by Crippen LogP contribution is -2.47. The average Bonchev–Trinajstić information content (AvgIpc) is 3.87. The van der Waals surface area contributed by atoms with Crippen LogP contribution in [0.3, 0.4) is 0 Å². The first-order valence-corrected chi connectivity index (χ1v) is 30.1. The fourth-order valence-electron chi connectivity index (χ4n) is 9.17. The number of carbonyl (C=O) groups excluding carboxylic acids is 4. The van der Waals surface area contributed by atoms with Gasteiger partial charge in [0, 0.05) is 31.8 Å². The molecule has 1 unspecified atom stereocenters. The van der Waals surface area contributed by atoms with E-state index >= 15 is 0 Å². The van der Waals surface area contributed by atoms with Crippen molar-refractivity contribution in [2.45, 2.75) is 304 Å². The van der Waals surface area contributed by atoms with Crippen molar-refractivity contribution in [2.24, 2.45) is 0 Å². The zero-order chi connectivity index (χ0) is 53.8. The number of ether oxygens (including phenoxy) is 4. The average molecular weight is 1030 g/mol. The lowest BCUT2D eigenvalue weighted by Gasteiger charge is -2.34. The van der Waals surface area contributed by atoms with E-state index in [-0.39, 0.29) is 24.6 Å². The second kappa shape index (κ2) is 43.8. The van der Waals surface area contributed by atoms with Crippen molar-refractivity contribution in [2.75, 3.05) is 39.3 Å². The van der Waals surface area contributed by atoms with Crippen molar-refractivity contribution in [1.29, 1.82) is 0 Å². The lowest BCUT2D eigenvalue weighted by molar-refractivity contribution is -0.150. The minimum atomic E-state index is -0.717. The van der Waals surface area contributed by atoms with Crippen LogP contribution in [0, 0.1) is 0 Å². The van der Waals surface area contributed by atoms with Gasteiger partial charge in [0.15, 0.2) is 0 Å². The van der Waals surface area contributed by atoms with Crippen LogP contribution in [0.4, 0.5) is 9.59 Å². The summed E-state index contributed by atoms with van der Waals surface area (Å²) in [5.41, 5.74) is -1.39. The van der Waals surface area contributed by atoms with Crippen LogP contribution in [0.1, 0.15) is 287 Å². The molecule has 1 aromatic heterocycles. The van der Waals surface area contributed by atoms with Gasteiger partial charge < -0.3 is 29.2 Å². The molecular formula is C60H113N5O8. The molecule has 426 valence electrons. The van der Waals surface area contributed by atoms with E-state index < -0.39 is 29.6 Å². The molecule has 13 heteroatoms. The highest BCUT2D eigenvalue weighted by atomic mass is 16.6. The van der Waals surface area contributed by atoms with E-state index in [1.165, 1.54) is 96.3 Å². The van der Waals surface area contributed by atoms with E-state index in [1.807, 2.05) is 41.5 Å². The number of nitrogens with zero attached hydrogens (tertiary/aromatic N) is 4. The fourth-order valence-corrected chi connectivity index (χ4v) is 9.17. The third-order valence-corrected chi connectivity index (χ3v) is 13.3. The van der Waals surface area contributed by atoms with Crippen LogP contribution in [0.25, 0.3) is 0 Å². The van der Waals surface area contributed by atoms with Gasteiger partial charge in [0.25, 0.3) is 0 Å². The second-order valence-electron chi connectivity index (χ2n) is 22.8. The summed E-state index contributed by atoms with van der Waals surface area (Å²) in [6.45, 7) is 21.5. The maximum Gasteiger partial charge on any atom is 0.412 e. The van der Waals surface area contributed by atoms with Gasteiger partial charge in [0.1, 0.15) is 23.5 Å². The molecule has 0 saturated heterocycles. The van der Waals surface area contributed by atoms with Crippen LogP contribution in [0.15, 0.2) is 18.5 Å². The summed E-state index contributed by atoms with van der Waals surface area (Å²) < 4.78 is 24.8. The van der Waals surface area contributed by atoms with Crippen LogP contribution in [0.5, 0.6) is 0 Å². The van der Waals surface area contributed by atoms with Gasteiger partial charge in [0.05, 0.1) is 13.2 Å². The molecule has 0 bridgehead atoms. The molecule has 1 atom stereocenters. The summed E-state index contributed by atoms with van der Waals surface area (Å²) in [6.07, 6.45) is 39.2. The van der Waals surface area contributed by atoms with E-state index in [4.69, 9.17) is 18.9 Å². The van der Waals surface area contributed by atoms with Crippen LogP contribution in [-0.4, -0.2) is 100 Å². The number of hydrogen-bond donors (Lipinski definition) is 1. The molecule has 0 saturated carbocycles. The van der Waals surface area contributed by atoms with E-state index in [0.29, 0.717) is 32.4 Å². The first-order chi connectivity index (χ1) is 35.1. The SMILES string of the molecule is CCCCCCCCCOC(=O)CCCCCCCN(CCCCCCCC(=O)OC(CCCCCCCC)CCCCCCCC)CCCN(C(=O)OC(C)(C)C)C(CNC(=O)OC(C)(C)C)n1cccn1. The third kappa shape index (κ3) is 40.6. The van der Waals surface area contributed by atoms with E-state index in [0.717, 1.165) is 122 Å². The monoisotopic (exact) mass is 1030 g/mol. The molecule has 0 aromatic carbocycles. The Morgan fingerprint density at radius 3 is 1.48 bits per heavy atom. The molecule has 73 heavy (non-hydrogen) atoms. The maximum absolute atomic E-state index is 13.9. The Labute approximate surface area is 447 Å². The van der Waals surface area contributed by atoms with Gasteiger partial charge in [-0.3, -0.25) is 14.5 Å². The standard InChI is InChI=1S/C60H113N5O8/c1-10-13-16-19-22-31-38-51-70-55(66)43-34-27-23-29-36-46-63(47-37-30-24-28-35-44-56(67)71-53(41-32-25-20-17-14-11-2)42-33-26-21-18-15-12-3)48-40-49-64(58(69)73-60(7,8)9)54(65-50-39-45-62-65)52-61-57(68)72-59(4,5)6/h39,45,50,53-54H,10-38,40-44,46-49,51-52H2,1-9H3,(H,61,68). The number of amides is 2. The summed E-state index contributed by atoms with van der Waals surface area (Å²) in [5, 5.41) is 7.33. The van der Waals surface area contributed by atoms with Crippen LogP contribution >= 0.6 is 0 Å². The molecule has 1 rings (SSSR count). The zero-order valence-electron chi connectivity index (χ0n) is 48.7. The van der Waals surface area contributed by atoms with Crippen molar-refractivity contribution in [1.82, 2.24) is 24.9 Å². The molecule has 0 spiro atoms. The van der Waals surface area contributed by atoms with E-state index in [9.17, 15) is 19.2 Å². The van der Waals surface area contributed by atoms with E-state index in [1.54, 1.807) is 28.0 Å². The largest absolute Gasteiger partial charge is 0.466 e. The summed E-state index contributed by atoms with van der Waals surface area (Å²) in [6, 6.07) is 1.80. The van der Waals surface area contributed by atoms with Crippen LogP contribution in [0.2, 0.25) is 0 Å². The van der Waals surface area contributed by atoms with Gasteiger partial charge in [-0.25, -0.2) is 14.3 Å². The first kappa shape index (κ1) is 67.7. The topological polar surface area (TPSA) is 142 Å². The first-order valence-electron chi connectivity index (χ1n) is 30.1. The molecule has 0 aliphatic carbocycles. The van der Waals surface area contributed by atoms with Crippen LogP contribution < -0.4 is 5.32 Å². The molecule has 0 aliphatic rings. The number of nitrogens with one attached hydrogen (secondary N) is 1. The molecule has 1 heterocycles. The van der Waals surface area contributed by atoms with Crippen molar-refractivity contribution in [3.8, 4) is 0 Å². The van der Waals surface area contributed by atoms with Crippen LogP contribution in [-0.2, 0) is 28.5 Å². The third-order valence-electron chi connectivity index (χ3n) is 13.3. The molecule has 1 N–H and O–H groups in total. The molecule has 2 amide bonds. The Bertz CT molecular complexity index is 1460. The smallest absolute Gasteiger partial charge is 0.412 e. The van der Waals surface area contributed by atoms with Gasteiger partial charge >= 0.3 is 24.1 Å². The Morgan fingerprint density at radius 2 is 0.986 bits per heavy atom. The number of carbonyl (C=O) groups is 4. The van der Waals surface area contributed by atoms with E-state index in [2.05, 4.69) is 36.1 Å². The van der Waals surface area contributed by atoms with Crippen molar-refractivity contribution < 1.29 is 38.1 Å². The highest BCUT2D eigenvalue weighted by molar-refractivity contribution is 5.70. The quantitative estimate of drug-likeness (QED) is 0.0381. The summed E-state index contributed by atoms with van der Waals surface area (Å²) >= 11 is 0. The van der Waals surface area contributed by atoms with Crippen molar-refractivity contribution in [3.05, 3.63) is 18.5 Å². The second-order valence-corrected chi connectivity index (χ2v) is 22.8. The number of unbranched alkanes of at least 4 members (excludes halogenated alkanes) is 24. The molecule has 13 nitrogen and oxygen atoms in total. The molecule has 0 radical (unpaired) electrons. The van der Waals surface area contributed by atoms with Crippen molar-refractivity contribution >= 4 is 24.1 Å². The maximum atomic E-state index is 13.9. The van der Waals surface area contributed by atoms with Gasteiger partial charge in [-0.05, 0) is 131 Å². The summed E-state index contributed by atoms with van der Waals surface area (Å²) in [7, 11) is 0. The predicted octanol–water partition coefficient (Wildman–Crippen LogP) is 16.2. The van der Waals surface area contributed by atoms with Gasteiger partial charge in [0.2, 0.25) is 0 Å². The Morgan fingerprint density at radius 1 is 0.534 bits per heavy atom.